The van der Waals surface area contributed by atoms with Crippen molar-refractivity contribution in [2.24, 2.45) is 0 Å². The number of pyridine rings is 1. The number of halogens is 1. The van der Waals surface area contributed by atoms with Crippen molar-refractivity contribution in [3.8, 4) is 0 Å². The summed E-state index contributed by atoms with van der Waals surface area (Å²) in [5.41, 5.74) is 0.627. The fourth-order valence-corrected chi connectivity index (χ4v) is 1.74. The molecule has 0 fully saturated rings. The standard InChI is InChI=1S/C9H10IN3O/c1-6(2)13-9(14)12-4-3-7(10)5-8(12)11-13/h3-6H,1-2H3. The largest absolute Gasteiger partial charge is 0.350 e. The van der Waals surface area contributed by atoms with Gasteiger partial charge in [0.25, 0.3) is 0 Å². The van der Waals surface area contributed by atoms with Gasteiger partial charge >= 0.3 is 5.69 Å². The molecular formula is C9H10IN3O. The lowest BCUT2D eigenvalue weighted by atomic mass is 10.4. The third-order valence-corrected chi connectivity index (χ3v) is 2.67. The van der Waals surface area contributed by atoms with E-state index in [9.17, 15) is 4.79 Å². The first-order valence-electron chi connectivity index (χ1n) is 4.36. The van der Waals surface area contributed by atoms with Gasteiger partial charge in [0.2, 0.25) is 0 Å². The molecule has 0 unspecified atom stereocenters. The molecule has 14 heavy (non-hydrogen) atoms. The van der Waals surface area contributed by atoms with E-state index in [2.05, 4.69) is 27.7 Å². The van der Waals surface area contributed by atoms with Crippen LogP contribution in [0.5, 0.6) is 0 Å². The van der Waals surface area contributed by atoms with Crippen molar-refractivity contribution in [2.45, 2.75) is 19.9 Å². The smallest absolute Gasteiger partial charge is 0.250 e. The van der Waals surface area contributed by atoms with E-state index in [1.165, 1.54) is 4.68 Å². The third-order valence-electron chi connectivity index (χ3n) is 2.00. The minimum atomic E-state index is -0.0774. The summed E-state index contributed by atoms with van der Waals surface area (Å²) in [4.78, 5) is 11.7. The van der Waals surface area contributed by atoms with Crippen molar-refractivity contribution >= 4 is 28.2 Å². The Morgan fingerprint density at radius 1 is 1.50 bits per heavy atom. The monoisotopic (exact) mass is 303 g/mol. The average molecular weight is 303 g/mol. The van der Waals surface area contributed by atoms with Crippen LogP contribution in [0.1, 0.15) is 19.9 Å². The molecule has 2 aromatic rings. The number of aromatic nitrogens is 3. The maximum atomic E-state index is 11.7. The van der Waals surface area contributed by atoms with E-state index in [0.29, 0.717) is 5.65 Å². The van der Waals surface area contributed by atoms with Crippen LogP contribution in [0.25, 0.3) is 5.65 Å². The Hall–Kier alpha value is -0.850. The predicted octanol–water partition coefficient (Wildman–Crippen LogP) is 1.68. The van der Waals surface area contributed by atoms with Crippen LogP contribution in [0, 0.1) is 3.57 Å². The zero-order valence-electron chi connectivity index (χ0n) is 7.94. The molecule has 0 aliphatic rings. The van der Waals surface area contributed by atoms with Gasteiger partial charge < -0.3 is 0 Å². The minimum absolute atomic E-state index is 0.0774. The predicted molar refractivity (Wildman–Crippen MR) is 62.6 cm³/mol. The van der Waals surface area contributed by atoms with E-state index in [1.807, 2.05) is 26.0 Å². The first-order chi connectivity index (χ1) is 6.59. The number of nitrogens with zero attached hydrogens (tertiary/aromatic N) is 3. The molecule has 0 N–H and O–H groups in total. The fraction of sp³-hybridized carbons (Fsp3) is 0.333. The molecule has 0 atom stereocenters. The summed E-state index contributed by atoms with van der Waals surface area (Å²) >= 11 is 2.20. The van der Waals surface area contributed by atoms with Crippen molar-refractivity contribution in [3.05, 3.63) is 32.4 Å². The summed E-state index contributed by atoms with van der Waals surface area (Å²) in [7, 11) is 0. The summed E-state index contributed by atoms with van der Waals surface area (Å²) < 4.78 is 4.13. The van der Waals surface area contributed by atoms with Gasteiger partial charge in [0.1, 0.15) is 0 Å². The van der Waals surface area contributed by atoms with Crippen LogP contribution < -0.4 is 5.69 Å². The lowest BCUT2D eigenvalue weighted by Gasteiger charge is -1.99. The maximum absolute atomic E-state index is 11.7. The summed E-state index contributed by atoms with van der Waals surface area (Å²) in [6.45, 7) is 3.89. The lowest BCUT2D eigenvalue weighted by Crippen LogP contribution is -2.22. The second-order valence-corrected chi connectivity index (χ2v) is 4.64. The molecule has 2 rings (SSSR count). The van der Waals surface area contributed by atoms with Crippen LogP contribution in [0.3, 0.4) is 0 Å². The topological polar surface area (TPSA) is 39.3 Å². The molecule has 0 aliphatic carbocycles. The van der Waals surface area contributed by atoms with Gasteiger partial charge in [-0.15, -0.1) is 5.10 Å². The molecule has 0 radical (unpaired) electrons. The van der Waals surface area contributed by atoms with Gasteiger partial charge in [0.15, 0.2) is 5.65 Å². The van der Waals surface area contributed by atoms with Crippen molar-refractivity contribution < 1.29 is 0 Å². The third kappa shape index (κ3) is 1.45. The first-order valence-corrected chi connectivity index (χ1v) is 5.44. The number of fused-ring (bicyclic) bond motifs is 1. The number of hydrogen-bond donors (Lipinski definition) is 0. The van der Waals surface area contributed by atoms with Crippen molar-refractivity contribution in [1.82, 2.24) is 14.2 Å². The van der Waals surface area contributed by atoms with Crippen LogP contribution in [-0.4, -0.2) is 14.2 Å². The van der Waals surface area contributed by atoms with Gasteiger partial charge in [-0.25, -0.2) is 9.48 Å². The molecule has 0 spiro atoms. The van der Waals surface area contributed by atoms with E-state index in [1.54, 1.807) is 10.6 Å². The van der Waals surface area contributed by atoms with E-state index in [-0.39, 0.29) is 11.7 Å². The minimum Gasteiger partial charge on any atom is -0.250 e. The van der Waals surface area contributed by atoms with E-state index in [0.717, 1.165) is 3.57 Å². The van der Waals surface area contributed by atoms with Gasteiger partial charge in [0, 0.05) is 9.77 Å². The fourth-order valence-electron chi connectivity index (χ4n) is 1.30. The quantitative estimate of drug-likeness (QED) is 0.752. The average Bonchev–Trinajstić information content (AvgIpc) is 2.43. The maximum Gasteiger partial charge on any atom is 0.350 e. The van der Waals surface area contributed by atoms with Gasteiger partial charge in [-0.05, 0) is 48.6 Å². The second-order valence-electron chi connectivity index (χ2n) is 3.39. The Bertz CT molecular complexity index is 526. The first kappa shape index (κ1) is 9.70. The molecular weight excluding hydrogens is 293 g/mol. The molecule has 74 valence electrons. The Morgan fingerprint density at radius 2 is 2.21 bits per heavy atom. The second kappa shape index (κ2) is 3.38. The van der Waals surface area contributed by atoms with Crippen LogP contribution >= 0.6 is 22.6 Å². The molecule has 0 bridgehead atoms. The molecule has 0 amide bonds. The lowest BCUT2D eigenvalue weighted by molar-refractivity contribution is 0.514. The number of rotatable bonds is 1. The molecule has 2 heterocycles. The highest BCUT2D eigenvalue weighted by Gasteiger charge is 2.08. The van der Waals surface area contributed by atoms with Gasteiger partial charge in [-0.3, -0.25) is 4.40 Å². The number of hydrogen-bond acceptors (Lipinski definition) is 2. The molecule has 0 aromatic carbocycles. The van der Waals surface area contributed by atoms with Crippen LogP contribution in [0.15, 0.2) is 23.1 Å². The zero-order valence-corrected chi connectivity index (χ0v) is 10.1. The van der Waals surface area contributed by atoms with Crippen LogP contribution in [-0.2, 0) is 0 Å². The Morgan fingerprint density at radius 3 is 2.86 bits per heavy atom. The van der Waals surface area contributed by atoms with Gasteiger partial charge in [-0.2, -0.15) is 0 Å². The van der Waals surface area contributed by atoms with E-state index >= 15 is 0 Å². The Labute approximate surface area is 94.7 Å². The summed E-state index contributed by atoms with van der Waals surface area (Å²) in [6, 6.07) is 3.88. The molecule has 0 saturated carbocycles. The highest BCUT2D eigenvalue weighted by atomic mass is 127. The van der Waals surface area contributed by atoms with Gasteiger partial charge in [-0.1, -0.05) is 0 Å². The highest BCUT2D eigenvalue weighted by Crippen LogP contribution is 2.07. The normalized spacial score (nSPS) is 11.4. The van der Waals surface area contributed by atoms with Gasteiger partial charge in [0.05, 0.1) is 6.04 Å². The van der Waals surface area contributed by atoms with Crippen molar-refractivity contribution in [1.29, 1.82) is 0 Å². The Balaban J connectivity index is 2.80. The SMILES string of the molecule is CC(C)n1nc2cc(I)ccn2c1=O. The molecule has 2 aromatic heterocycles. The Kier molecular flexibility index (Phi) is 2.34. The van der Waals surface area contributed by atoms with E-state index < -0.39 is 0 Å². The zero-order chi connectivity index (χ0) is 10.3. The van der Waals surface area contributed by atoms with Crippen LogP contribution in [0.4, 0.5) is 0 Å². The van der Waals surface area contributed by atoms with E-state index in [4.69, 9.17) is 0 Å². The molecule has 4 nitrogen and oxygen atoms in total. The summed E-state index contributed by atoms with van der Waals surface area (Å²) in [5.74, 6) is 0. The summed E-state index contributed by atoms with van der Waals surface area (Å²) in [5, 5.41) is 4.23. The summed E-state index contributed by atoms with van der Waals surface area (Å²) in [6.07, 6.45) is 1.76. The molecule has 0 saturated heterocycles. The molecule has 5 heteroatoms. The van der Waals surface area contributed by atoms with Crippen molar-refractivity contribution in [2.75, 3.05) is 0 Å². The highest BCUT2D eigenvalue weighted by molar-refractivity contribution is 14.1. The van der Waals surface area contributed by atoms with Crippen LogP contribution in [0.2, 0.25) is 0 Å². The van der Waals surface area contributed by atoms with Crippen molar-refractivity contribution in [3.63, 3.8) is 0 Å². The molecule has 0 aliphatic heterocycles.